The van der Waals surface area contributed by atoms with E-state index >= 15 is 0 Å². The van der Waals surface area contributed by atoms with E-state index in [1.807, 2.05) is 0 Å². The maximum atomic E-state index is 14.5. The van der Waals surface area contributed by atoms with Crippen molar-refractivity contribution in [3.63, 3.8) is 0 Å². The van der Waals surface area contributed by atoms with Crippen molar-refractivity contribution in [3.05, 3.63) is 35.4 Å². The Morgan fingerprint density at radius 2 is 2.21 bits per heavy atom. The minimum atomic E-state index is -1.60. The first-order valence-electron chi connectivity index (χ1n) is 6.40. The van der Waals surface area contributed by atoms with Gasteiger partial charge in [0.05, 0.1) is 13.2 Å². The third-order valence-electron chi connectivity index (χ3n) is 3.24. The molecule has 0 spiro atoms. The number of morpholine rings is 1. The zero-order valence-electron chi connectivity index (χ0n) is 10.9. The van der Waals surface area contributed by atoms with Crippen molar-refractivity contribution in [2.45, 2.75) is 31.5 Å². The van der Waals surface area contributed by atoms with Crippen LogP contribution in [0.3, 0.4) is 0 Å². The van der Waals surface area contributed by atoms with E-state index < -0.39 is 17.3 Å². The second-order valence-corrected chi connectivity index (χ2v) is 5.26. The highest BCUT2D eigenvalue weighted by Gasteiger charge is 2.30. The average Bonchev–Trinajstić information content (AvgIpc) is 2.34. The molecule has 1 aliphatic heterocycles. The molecule has 1 N–H and O–H groups in total. The van der Waals surface area contributed by atoms with Crippen LogP contribution in [0.4, 0.5) is 13.2 Å². The largest absolute Gasteiger partial charge is 0.379 e. The van der Waals surface area contributed by atoms with Gasteiger partial charge in [0.25, 0.3) is 0 Å². The van der Waals surface area contributed by atoms with Gasteiger partial charge in [0, 0.05) is 19.0 Å². The van der Waals surface area contributed by atoms with Gasteiger partial charge in [-0.25, -0.2) is 13.2 Å². The number of benzene rings is 1. The molecule has 1 heterocycles. The molecule has 5 heteroatoms. The minimum absolute atomic E-state index is 0.0710. The maximum Gasteiger partial charge on any atom is 0.126 e. The zero-order chi connectivity index (χ0) is 13.9. The van der Waals surface area contributed by atoms with Crippen LogP contribution in [-0.4, -0.2) is 31.5 Å². The quantitative estimate of drug-likeness (QED) is 0.910. The van der Waals surface area contributed by atoms with Crippen LogP contribution in [-0.2, 0) is 11.2 Å². The van der Waals surface area contributed by atoms with Gasteiger partial charge in [-0.05, 0) is 37.1 Å². The molecule has 1 aromatic carbocycles. The summed E-state index contributed by atoms with van der Waals surface area (Å²) in [7, 11) is 0. The molecule has 1 fully saturated rings. The van der Waals surface area contributed by atoms with E-state index in [1.165, 1.54) is 6.92 Å². The molecule has 0 saturated carbocycles. The summed E-state index contributed by atoms with van der Waals surface area (Å²) in [5.74, 6) is -1.12. The third kappa shape index (κ3) is 4.21. The molecule has 0 bridgehead atoms. The molecule has 0 aliphatic carbocycles. The van der Waals surface area contributed by atoms with Gasteiger partial charge >= 0.3 is 0 Å². The number of alkyl halides is 1. The van der Waals surface area contributed by atoms with Crippen LogP contribution in [0.2, 0.25) is 0 Å². The summed E-state index contributed by atoms with van der Waals surface area (Å²) in [5.41, 5.74) is -1.53. The summed E-state index contributed by atoms with van der Waals surface area (Å²) in [6.07, 6.45) is 0.0672. The first-order valence-corrected chi connectivity index (χ1v) is 6.40. The van der Waals surface area contributed by atoms with Crippen LogP contribution in [0, 0.1) is 11.6 Å². The maximum absolute atomic E-state index is 14.5. The van der Waals surface area contributed by atoms with E-state index in [-0.39, 0.29) is 24.4 Å². The van der Waals surface area contributed by atoms with Crippen molar-refractivity contribution in [2.75, 3.05) is 19.8 Å². The van der Waals surface area contributed by atoms with E-state index in [2.05, 4.69) is 5.32 Å². The Hall–Kier alpha value is -1.07. The lowest BCUT2D eigenvalue weighted by Crippen LogP contribution is -2.45. The van der Waals surface area contributed by atoms with Crippen molar-refractivity contribution in [1.82, 2.24) is 5.32 Å². The van der Waals surface area contributed by atoms with Crippen molar-refractivity contribution in [3.8, 4) is 0 Å². The summed E-state index contributed by atoms with van der Waals surface area (Å²) in [6.45, 7) is 3.17. The molecule has 1 saturated heterocycles. The van der Waals surface area contributed by atoms with E-state index in [9.17, 15) is 13.2 Å². The predicted molar refractivity (Wildman–Crippen MR) is 66.8 cm³/mol. The molecule has 2 nitrogen and oxygen atoms in total. The predicted octanol–water partition coefficient (Wildman–Crippen LogP) is 2.61. The van der Waals surface area contributed by atoms with Crippen LogP contribution >= 0.6 is 0 Å². The number of rotatable bonds is 4. The first kappa shape index (κ1) is 14.3. The van der Waals surface area contributed by atoms with Crippen molar-refractivity contribution in [1.29, 1.82) is 0 Å². The van der Waals surface area contributed by atoms with Crippen LogP contribution in [0.25, 0.3) is 0 Å². The Morgan fingerprint density at radius 3 is 2.89 bits per heavy atom. The lowest BCUT2D eigenvalue weighted by Gasteiger charge is -2.30. The highest BCUT2D eigenvalue weighted by atomic mass is 19.1. The van der Waals surface area contributed by atoms with Crippen molar-refractivity contribution in [2.24, 2.45) is 0 Å². The lowest BCUT2D eigenvalue weighted by molar-refractivity contribution is 0.0481. The summed E-state index contributed by atoms with van der Waals surface area (Å²) in [6, 6.07) is 3.03. The topological polar surface area (TPSA) is 21.3 Å². The van der Waals surface area contributed by atoms with Gasteiger partial charge in [0.2, 0.25) is 0 Å². The molecular formula is C14H18F3NO. The van der Waals surface area contributed by atoms with E-state index in [4.69, 9.17) is 4.74 Å². The lowest BCUT2D eigenvalue weighted by atomic mass is 9.91. The number of hydrogen-bond acceptors (Lipinski definition) is 2. The minimum Gasteiger partial charge on any atom is -0.379 e. The van der Waals surface area contributed by atoms with Crippen molar-refractivity contribution >= 4 is 0 Å². The standard InChI is InChI=1S/C14H18F3NO/c1-14(17,8-12-9-19-5-4-18-12)7-10-6-11(15)2-3-13(10)16/h2-3,6,12,18H,4-5,7-9H2,1H3. The van der Waals surface area contributed by atoms with Gasteiger partial charge in [-0.1, -0.05) is 0 Å². The average molecular weight is 273 g/mol. The normalized spacial score (nSPS) is 23.1. The fourth-order valence-corrected chi connectivity index (χ4v) is 2.41. The van der Waals surface area contributed by atoms with Gasteiger partial charge in [0.1, 0.15) is 17.3 Å². The Bertz CT molecular complexity index is 431. The molecule has 1 aromatic rings. The number of hydrogen-bond donors (Lipinski definition) is 1. The Labute approximate surface area is 111 Å². The van der Waals surface area contributed by atoms with E-state index in [0.29, 0.717) is 19.8 Å². The second-order valence-electron chi connectivity index (χ2n) is 5.26. The Morgan fingerprint density at radius 1 is 1.42 bits per heavy atom. The molecule has 1 aliphatic rings. The monoisotopic (exact) mass is 273 g/mol. The van der Waals surface area contributed by atoms with Crippen LogP contribution < -0.4 is 5.32 Å². The molecule has 2 unspecified atom stereocenters. The van der Waals surface area contributed by atoms with Gasteiger partial charge in [-0.2, -0.15) is 0 Å². The zero-order valence-corrected chi connectivity index (χ0v) is 10.9. The second kappa shape index (κ2) is 5.92. The van der Waals surface area contributed by atoms with Gasteiger partial charge in [-0.3, -0.25) is 0 Å². The molecule has 19 heavy (non-hydrogen) atoms. The molecule has 2 atom stereocenters. The summed E-state index contributed by atoms with van der Waals surface area (Å²) < 4.78 is 46.3. The fraction of sp³-hybridized carbons (Fsp3) is 0.571. The summed E-state index contributed by atoms with van der Waals surface area (Å²) in [4.78, 5) is 0. The van der Waals surface area contributed by atoms with Crippen molar-refractivity contribution < 1.29 is 17.9 Å². The van der Waals surface area contributed by atoms with E-state index in [0.717, 1.165) is 18.2 Å². The smallest absolute Gasteiger partial charge is 0.126 e. The molecule has 0 aromatic heterocycles. The number of nitrogens with one attached hydrogen (secondary N) is 1. The summed E-state index contributed by atoms with van der Waals surface area (Å²) in [5, 5.41) is 3.15. The Balaban J connectivity index is 2.00. The molecule has 0 radical (unpaired) electrons. The van der Waals surface area contributed by atoms with E-state index in [1.54, 1.807) is 0 Å². The van der Waals surface area contributed by atoms with Crippen LogP contribution in [0.15, 0.2) is 18.2 Å². The molecule has 106 valence electrons. The van der Waals surface area contributed by atoms with Gasteiger partial charge < -0.3 is 10.1 Å². The highest BCUT2D eigenvalue weighted by Crippen LogP contribution is 2.25. The number of ether oxygens (including phenoxy) is 1. The molecule has 2 rings (SSSR count). The number of halogens is 3. The van der Waals surface area contributed by atoms with Crippen LogP contribution in [0.1, 0.15) is 18.9 Å². The first-order chi connectivity index (χ1) is 8.96. The SMILES string of the molecule is CC(F)(Cc1cc(F)ccc1F)CC1COCCN1. The van der Waals surface area contributed by atoms with Gasteiger partial charge in [0.15, 0.2) is 0 Å². The third-order valence-corrected chi connectivity index (χ3v) is 3.24. The van der Waals surface area contributed by atoms with Crippen LogP contribution in [0.5, 0.6) is 0 Å². The van der Waals surface area contributed by atoms with Gasteiger partial charge in [-0.15, -0.1) is 0 Å². The summed E-state index contributed by atoms with van der Waals surface area (Å²) >= 11 is 0. The highest BCUT2D eigenvalue weighted by molar-refractivity contribution is 5.20. The Kier molecular flexibility index (Phi) is 4.47. The molecule has 0 amide bonds. The fourth-order valence-electron chi connectivity index (χ4n) is 2.41. The molecular weight excluding hydrogens is 255 g/mol.